The van der Waals surface area contributed by atoms with Gasteiger partial charge >= 0.3 is 6.18 Å². The molecule has 0 radical (unpaired) electrons. The van der Waals surface area contributed by atoms with Crippen LogP contribution in [0.15, 0.2) is 24.3 Å². The van der Waals surface area contributed by atoms with Crippen LogP contribution < -0.4 is 5.32 Å². The lowest BCUT2D eigenvalue weighted by Crippen LogP contribution is -2.19. The molecule has 0 unspecified atom stereocenters. The van der Waals surface area contributed by atoms with Crippen LogP contribution in [0.2, 0.25) is 0 Å². The molecule has 0 saturated heterocycles. The van der Waals surface area contributed by atoms with Gasteiger partial charge < -0.3 is 10.1 Å². The highest BCUT2D eigenvalue weighted by atomic mass is 19.4. The molecule has 0 atom stereocenters. The fourth-order valence-electron chi connectivity index (χ4n) is 1.79. The summed E-state index contributed by atoms with van der Waals surface area (Å²) in [5, 5.41) is 3.42. The Labute approximate surface area is 111 Å². The number of nitrogens with one attached hydrogen (secondary N) is 1. The highest BCUT2D eigenvalue weighted by molar-refractivity contribution is 5.22. The van der Waals surface area contributed by atoms with Gasteiger partial charge in [-0.05, 0) is 36.9 Å². The number of hydrogen-bond acceptors (Lipinski definition) is 2. The van der Waals surface area contributed by atoms with Crippen molar-refractivity contribution in [2.75, 3.05) is 13.2 Å². The second-order valence-electron chi connectivity index (χ2n) is 4.90. The highest BCUT2D eigenvalue weighted by Gasteiger charge is 2.27. The average molecular weight is 273 g/mol. The first-order valence-corrected chi connectivity index (χ1v) is 6.49. The van der Waals surface area contributed by atoms with Crippen molar-refractivity contribution in [3.8, 4) is 0 Å². The van der Waals surface area contributed by atoms with Gasteiger partial charge in [0.1, 0.15) is 6.61 Å². The largest absolute Gasteiger partial charge is 0.411 e. The maximum atomic E-state index is 11.9. The number of hydrogen-bond donors (Lipinski definition) is 1. The van der Waals surface area contributed by atoms with E-state index < -0.39 is 12.8 Å². The molecular weight excluding hydrogens is 255 g/mol. The molecule has 106 valence electrons. The number of halogens is 3. The van der Waals surface area contributed by atoms with E-state index in [1.54, 1.807) is 0 Å². The molecule has 1 saturated carbocycles. The molecule has 0 spiro atoms. The van der Waals surface area contributed by atoms with E-state index in [4.69, 9.17) is 0 Å². The van der Waals surface area contributed by atoms with E-state index in [-0.39, 0.29) is 6.61 Å². The van der Waals surface area contributed by atoms with Crippen molar-refractivity contribution in [1.82, 2.24) is 5.32 Å². The van der Waals surface area contributed by atoms with Gasteiger partial charge in [-0.1, -0.05) is 24.3 Å². The molecule has 1 aliphatic rings. The van der Waals surface area contributed by atoms with Crippen LogP contribution in [0.3, 0.4) is 0 Å². The summed E-state index contributed by atoms with van der Waals surface area (Å²) in [6.07, 6.45) is -0.764. The average Bonchev–Trinajstić information content (AvgIpc) is 3.14. The van der Waals surface area contributed by atoms with Crippen molar-refractivity contribution in [1.29, 1.82) is 0 Å². The Morgan fingerprint density at radius 2 is 1.74 bits per heavy atom. The van der Waals surface area contributed by atoms with Gasteiger partial charge in [-0.25, -0.2) is 0 Å². The molecule has 5 heteroatoms. The summed E-state index contributed by atoms with van der Waals surface area (Å²) in [6.45, 7) is -0.241. The molecule has 0 amide bonds. The first-order valence-electron chi connectivity index (χ1n) is 6.49. The van der Waals surface area contributed by atoms with E-state index in [9.17, 15) is 13.2 Å². The second-order valence-corrected chi connectivity index (χ2v) is 4.90. The lowest BCUT2D eigenvalue weighted by Gasteiger charge is -2.08. The molecule has 0 heterocycles. The normalized spacial score (nSPS) is 15.7. The Morgan fingerprint density at radius 1 is 1.11 bits per heavy atom. The third-order valence-corrected chi connectivity index (χ3v) is 2.98. The molecule has 0 bridgehead atoms. The summed E-state index contributed by atoms with van der Waals surface area (Å²) in [5.74, 6) is 0. The molecule has 19 heavy (non-hydrogen) atoms. The van der Waals surface area contributed by atoms with Crippen molar-refractivity contribution in [3.63, 3.8) is 0 Å². The van der Waals surface area contributed by atoms with Crippen LogP contribution in [0.5, 0.6) is 0 Å². The fraction of sp³-hybridized carbons (Fsp3) is 0.571. The zero-order valence-electron chi connectivity index (χ0n) is 10.7. The zero-order chi connectivity index (χ0) is 13.7. The Kier molecular flexibility index (Phi) is 4.82. The van der Waals surface area contributed by atoms with Gasteiger partial charge in [0.05, 0.1) is 6.61 Å². The van der Waals surface area contributed by atoms with Gasteiger partial charge in [0.15, 0.2) is 0 Å². The van der Waals surface area contributed by atoms with Gasteiger partial charge in [0.2, 0.25) is 0 Å². The predicted molar refractivity (Wildman–Crippen MR) is 66.9 cm³/mol. The lowest BCUT2D eigenvalue weighted by atomic mass is 10.1. The molecule has 0 aliphatic heterocycles. The quantitative estimate of drug-likeness (QED) is 0.824. The van der Waals surface area contributed by atoms with Crippen molar-refractivity contribution in [3.05, 3.63) is 35.4 Å². The Bertz CT molecular complexity index is 385. The summed E-state index contributed by atoms with van der Waals surface area (Å²) in [4.78, 5) is 0. The topological polar surface area (TPSA) is 21.3 Å². The summed E-state index contributed by atoms with van der Waals surface area (Å²) in [6, 6.07) is 8.24. The van der Waals surface area contributed by atoms with Gasteiger partial charge in [-0.2, -0.15) is 13.2 Å². The van der Waals surface area contributed by atoms with Crippen molar-refractivity contribution in [2.45, 2.75) is 38.1 Å². The number of rotatable bonds is 7. The summed E-state index contributed by atoms with van der Waals surface area (Å²) < 4.78 is 40.3. The third-order valence-electron chi connectivity index (χ3n) is 2.98. The first-order chi connectivity index (χ1) is 9.03. The van der Waals surface area contributed by atoms with Crippen molar-refractivity contribution in [2.24, 2.45) is 0 Å². The van der Waals surface area contributed by atoms with Crippen LogP contribution in [0.4, 0.5) is 13.2 Å². The number of alkyl halides is 3. The minimum absolute atomic E-state index is 0.000113. The van der Waals surface area contributed by atoms with Gasteiger partial charge in [0.25, 0.3) is 0 Å². The van der Waals surface area contributed by atoms with Crippen LogP contribution >= 0.6 is 0 Å². The molecular formula is C14H18F3NO. The van der Waals surface area contributed by atoms with Crippen LogP contribution in [0, 0.1) is 0 Å². The molecule has 1 aromatic rings. The van der Waals surface area contributed by atoms with E-state index >= 15 is 0 Å². The maximum Gasteiger partial charge on any atom is 0.411 e. The molecule has 2 rings (SSSR count). The van der Waals surface area contributed by atoms with E-state index in [0.29, 0.717) is 6.04 Å². The maximum absolute atomic E-state index is 11.9. The van der Waals surface area contributed by atoms with Gasteiger partial charge in [-0.15, -0.1) is 0 Å². The van der Waals surface area contributed by atoms with E-state index in [1.165, 1.54) is 18.4 Å². The SMILES string of the molecule is FC(F)(F)COCc1ccc(CCNC2CC2)cc1. The van der Waals surface area contributed by atoms with Gasteiger partial charge in [-0.3, -0.25) is 0 Å². The minimum Gasteiger partial charge on any atom is -0.367 e. The molecule has 1 N–H and O–H groups in total. The number of benzene rings is 1. The third kappa shape index (κ3) is 6.07. The molecule has 1 aliphatic carbocycles. The van der Waals surface area contributed by atoms with Crippen LogP contribution in [0.1, 0.15) is 24.0 Å². The molecule has 1 aromatic carbocycles. The first kappa shape index (κ1) is 14.3. The van der Waals surface area contributed by atoms with Crippen molar-refractivity contribution >= 4 is 0 Å². The van der Waals surface area contributed by atoms with E-state index in [1.807, 2.05) is 24.3 Å². The van der Waals surface area contributed by atoms with Crippen LogP contribution in [0.25, 0.3) is 0 Å². The van der Waals surface area contributed by atoms with Crippen LogP contribution in [-0.2, 0) is 17.8 Å². The smallest absolute Gasteiger partial charge is 0.367 e. The summed E-state index contributed by atoms with van der Waals surface area (Å²) in [5.41, 5.74) is 1.95. The Balaban J connectivity index is 1.68. The summed E-state index contributed by atoms with van der Waals surface area (Å²) in [7, 11) is 0. The number of ether oxygens (including phenoxy) is 1. The fourth-order valence-corrected chi connectivity index (χ4v) is 1.79. The highest BCUT2D eigenvalue weighted by Crippen LogP contribution is 2.18. The Hall–Kier alpha value is -1.07. The predicted octanol–water partition coefficient (Wildman–Crippen LogP) is 3.06. The van der Waals surface area contributed by atoms with E-state index in [2.05, 4.69) is 10.1 Å². The second kappa shape index (κ2) is 6.39. The van der Waals surface area contributed by atoms with Gasteiger partial charge in [0, 0.05) is 6.04 Å². The molecule has 1 fully saturated rings. The van der Waals surface area contributed by atoms with E-state index in [0.717, 1.165) is 18.5 Å². The zero-order valence-corrected chi connectivity index (χ0v) is 10.7. The molecule has 2 nitrogen and oxygen atoms in total. The molecule has 0 aromatic heterocycles. The monoisotopic (exact) mass is 273 g/mol. The summed E-state index contributed by atoms with van der Waals surface area (Å²) >= 11 is 0. The Morgan fingerprint density at radius 3 is 2.32 bits per heavy atom. The standard InChI is InChI=1S/C14H18F3NO/c15-14(16,17)10-19-9-12-3-1-11(2-4-12)7-8-18-13-5-6-13/h1-4,13,18H,5-10H2. The minimum atomic E-state index is -4.26. The lowest BCUT2D eigenvalue weighted by molar-refractivity contribution is -0.176. The van der Waals surface area contributed by atoms with Crippen molar-refractivity contribution < 1.29 is 17.9 Å². The van der Waals surface area contributed by atoms with Crippen LogP contribution in [-0.4, -0.2) is 25.4 Å².